The molecule has 0 aromatic carbocycles. The summed E-state index contributed by atoms with van der Waals surface area (Å²) in [6, 6.07) is 0.486. The standard InChI is InChI=1S/C14H23BrClN5/c1-10(2)12(21-6-4-20(3)5-7-21)9-17-13-11(15)8-18-14(16)19-13/h8,10,12H,4-7,9H2,1-3H3,(H,17,18,19). The molecule has 21 heavy (non-hydrogen) atoms. The van der Waals surface area contributed by atoms with Crippen LogP contribution in [0, 0.1) is 5.92 Å². The van der Waals surface area contributed by atoms with Gasteiger partial charge in [-0.25, -0.2) is 4.98 Å². The lowest BCUT2D eigenvalue weighted by Gasteiger charge is -2.40. The monoisotopic (exact) mass is 375 g/mol. The first-order valence-corrected chi connectivity index (χ1v) is 8.49. The van der Waals surface area contributed by atoms with Crippen LogP contribution in [-0.2, 0) is 0 Å². The maximum atomic E-state index is 5.86. The summed E-state index contributed by atoms with van der Waals surface area (Å²) in [7, 11) is 2.18. The number of piperazine rings is 1. The Kier molecular flexibility index (Phi) is 6.22. The largest absolute Gasteiger partial charge is 0.367 e. The van der Waals surface area contributed by atoms with Crippen molar-refractivity contribution in [2.75, 3.05) is 45.1 Å². The lowest BCUT2D eigenvalue weighted by molar-refractivity contribution is 0.0944. The second kappa shape index (κ2) is 7.72. The van der Waals surface area contributed by atoms with Gasteiger partial charge in [-0.2, -0.15) is 4.98 Å². The first-order valence-electron chi connectivity index (χ1n) is 7.32. The molecule has 0 bridgehead atoms. The van der Waals surface area contributed by atoms with E-state index in [1.165, 1.54) is 0 Å². The van der Waals surface area contributed by atoms with Crippen molar-refractivity contribution in [2.45, 2.75) is 19.9 Å². The Bertz CT molecular complexity index is 463. The molecule has 1 aliphatic heterocycles. The third-order valence-electron chi connectivity index (χ3n) is 3.97. The molecule has 1 N–H and O–H groups in total. The maximum Gasteiger partial charge on any atom is 0.224 e. The summed E-state index contributed by atoms with van der Waals surface area (Å²) in [5, 5.41) is 3.67. The van der Waals surface area contributed by atoms with Crippen molar-refractivity contribution in [2.24, 2.45) is 5.92 Å². The van der Waals surface area contributed by atoms with E-state index in [-0.39, 0.29) is 5.28 Å². The molecule has 1 aromatic rings. The van der Waals surface area contributed by atoms with Gasteiger partial charge < -0.3 is 10.2 Å². The Balaban J connectivity index is 1.98. The van der Waals surface area contributed by atoms with Gasteiger partial charge >= 0.3 is 0 Å². The van der Waals surface area contributed by atoms with E-state index in [0.717, 1.165) is 43.0 Å². The van der Waals surface area contributed by atoms with Crippen molar-refractivity contribution in [3.63, 3.8) is 0 Å². The molecule has 7 heteroatoms. The van der Waals surface area contributed by atoms with Gasteiger partial charge in [0.05, 0.1) is 4.47 Å². The van der Waals surface area contributed by atoms with Gasteiger partial charge in [0.1, 0.15) is 5.82 Å². The van der Waals surface area contributed by atoms with Crippen molar-refractivity contribution < 1.29 is 0 Å². The van der Waals surface area contributed by atoms with E-state index in [9.17, 15) is 0 Å². The summed E-state index contributed by atoms with van der Waals surface area (Å²) in [5.74, 6) is 1.34. The molecule has 1 aromatic heterocycles. The fraction of sp³-hybridized carbons (Fsp3) is 0.714. The minimum Gasteiger partial charge on any atom is -0.367 e. The van der Waals surface area contributed by atoms with Crippen LogP contribution in [0.2, 0.25) is 5.28 Å². The number of nitrogens with one attached hydrogen (secondary N) is 1. The van der Waals surface area contributed by atoms with E-state index >= 15 is 0 Å². The zero-order valence-electron chi connectivity index (χ0n) is 12.8. The minimum atomic E-state index is 0.265. The molecule has 0 aliphatic carbocycles. The molecular formula is C14H23BrClN5. The Morgan fingerprint density at radius 3 is 2.62 bits per heavy atom. The van der Waals surface area contributed by atoms with Crippen LogP contribution >= 0.6 is 27.5 Å². The molecule has 1 saturated heterocycles. The van der Waals surface area contributed by atoms with Crippen molar-refractivity contribution in [1.82, 2.24) is 19.8 Å². The molecule has 0 radical (unpaired) electrons. The zero-order valence-corrected chi connectivity index (χ0v) is 15.2. The van der Waals surface area contributed by atoms with E-state index in [0.29, 0.717) is 12.0 Å². The summed E-state index contributed by atoms with van der Waals surface area (Å²) >= 11 is 9.32. The zero-order chi connectivity index (χ0) is 15.4. The highest BCUT2D eigenvalue weighted by Crippen LogP contribution is 2.21. The number of rotatable bonds is 5. The number of hydrogen-bond donors (Lipinski definition) is 1. The first-order chi connectivity index (χ1) is 9.97. The second-order valence-electron chi connectivity index (χ2n) is 5.87. The predicted molar refractivity (Wildman–Crippen MR) is 90.9 cm³/mol. The van der Waals surface area contributed by atoms with Gasteiger partial charge in [-0.15, -0.1) is 0 Å². The van der Waals surface area contributed by atoms with E-state index in [1.807, 2.05) is 0 Å². The van der Waals surface area contributed by atoms with Gasteiger partial charge in [0.25, 0.3) is 0 Å². The Morgan fingerprint density at radius 2 is 2.00 bits per heavy atom. The Morgan fingerprint density at radius 1 is 1.33 bits per heavy atom. The van der Waals surface area contributed by atoms with E-state index in [1.54, 1.807) is 6.20 Å². The molecule has 1 fully saturated rings. The number of likely N-dealkylation sites (N-methyl/N-ethyl adjacent to an activating group) is 1. The van der Waals surface area contributed by atoms with Crippen LogP contribution in [0.25, 0.3) is 0 Å². The van der Waals surface area contributed by atoms with Gasteiger partial charge in [0.15, 0.2) is 0 Å². The topological polar surface area (TPSA) is 44.3 Å². The highest BCUT2D eigenvalue weighted by molar-refractivity contribution is 9.10. The average Bonchev–Trinajstić information content (AvgIpc) is 2.44. The molecule has 1 atom stereocenters. The molecule has 0 spiro atoms. The minimum absolute atomic E-state index is 0.265. The fourth-order valence-electron chi connectivity index (χ4n) is 2.61. The average molecular weight is 377 g/mol. The summed E-state index contributed by atoms with van der Waals surface area (Å²) in [6.07, 6.45) is 1.68. The molecule has 0 amide bonds. The Labute approximate surface area is 140 Å². The van der Waals surface area contributed by atoms with Gasteiger partial charge in [-0.1, -0.05) is 13.8 Å². The highest BCUT2D eigenvalue weighted by atomic mass is 79.9. The van der Waals surface area contributed by atoms with Crippen molar-refractivity contribution >= 4 is 33.3 Å². The van der Waals surface area contributed by atoms with Crippen LogP contribution in [-0.4, -0.2) is 65.6 Å². The number of anilines is 1. The summed E-state index contributed by atoms with van der Waals surface area (Å²) < 4.78 is 0.841. The van der Waals surface area contributed by atoms with Gasteiger partial charge in [0, 0.05) is 45.0 Å². The van der Waals surface area contributed by atoms with E-state index in [4.69, 9.17) is 11.6 Å². The van der Waals surface area contributed by atoms with Crippen LogP contribution < -0.4 is 5.32 Å². The van der Waals surface area contributed by atoms with Crippen LogP contribution in [0.15, 0.2) is 10.7 Å². The van der Waals surface area contributed by atoms with Crippen LogP contribution in [0.3, 0.4) is 0 Å². The third kappa shape index (κ3) is 4.77. The number of nitrogens with zero attached hydrogens (tertiary/aromatic N) is 4. The molecule has 1 unspecified atom stereocenters. The van der Waals surface area contributed by atoms with Crippen LogP contribution in [0.4, 0.5) is 5.82 Å². The molecular weight excluding hydrogens is 354 g/mol. The predicted octanol–water partition coefficient (Wildman–Crippen LogP) is 2.58. The summed E-state index contributed by atoms with van der Waals surface area (Å²) in [6.45, 7) is 9.89. The lowest BCUT2D eigenvalue weighted by atomic mass is 10.0. The fourth-order valence-corrected chi connectivity index (χ4v) is 3.08. The van der Waals surface area contributed by atoms with Gasteiger partial charge in [0.2, 0.25) is 5.28 Å². The molecule has 118 valence electrons. The first kappa shape index (κ1) is 16.9. The quantitative estimate of drug-likeness (QED) is 0.800. The molecule has 2 heterocycles. The smallest absolute Gasteiger partial charge is 0.224 e. The molecule has 2 rings (SSSR count). The SMILES string of the molecule is CC(C)C(CNc1nc(Cl)ncc1Br)N1CCN(C)CC1. The van der Waals surface area contributed by atoms with Gasteiger partial charge in [-0.05, 0) is 40.5 Å². The normalized spacial score (nSPS) is 19.0. The van der Waals surface area contributed by atoms with Crippen molar-refractivity contribution in [3.05, 3.63) is 16.0 Å². The second-order valence-corrected chi connectivity index (χ2v) is 7.06. The Hall–Kier alpha value is -0.430. The van der Waals surface area contributed by atoms with Crippen LogP contribution in [0.1, 0.15) is 13.8 Å². The third-order valence-corrected chi connectivity index (χ3v) is 4.73. The van der Waals surface area contributed by atoms with Gasteiger partial charge in [-0.3, -0.25) is 4.90 Å². The number of halogens is 2. The van der Waals surface area contributed by atoms with Crippen molar-refractivity contribution in [1.29, 1.82) is 0 Å². The summed E-state index contributed by atoms with van der Waals surface area (Å²) in [5.41, 5.74) is 0. The maximum absolute atomic E-state index is 5.86. The lowest BCUT2D eigenvalue weighted by Crippen LogP contribution is -2.52. The van der Waals surface area contributed by atoms with E-state index in [2.05, 4.69) is 61.9 Å². The van der Waals surface area contributed by atoms with Crippen molar-refractivity contribution in [3.8, 4) is 0 Å². The number of hydrogen-bond acceptors (Lipinski definition) is 5. The number of aromatic nitrogens is 2. The molecule has 1 aliphatic rings. The van der Waals surface area contributed by atoms with Crippen LogP contribution in [0.5, 0.6) is 0 Å². The van der Waals surface area contributed by atoms with E-state index < -0.39 is 0 Å². The molecule has 0 saturated carbocycles. The molecule has 5 nitrogen and oxygen atoms in total. The highest BCUT2D eigenvalue weighted by Gasteiger charge is 2.25. The summed E-state index contributed by atoms with van der Waals surface area (Å²) in [4.78, 5) is 13.1.